The molecule has 7 heteroatoms. The fourth-order valence-corrected chi connectivity index (χ4v) is 3.46. The van der Waals surface area contributed by atoms with Gasteiger partial charge in [0.1, 0.15) is 6.04 Å². The molecule has 1 unspecified atom stereocenters. The van der Waals surface area contributed by atoms with Crippen molar-refractivity contribution < 1.29 is 19.1 Å². The van der Waals surface area contributed by atoms with Crippen LogP contribution in [-0.4, -0.2) is 43.0 Å². The summed E-state index contributed by atoms with van der Waals surface area (Å²) in [6.45, 7) is 5.84. The normalized spacial score (nSPS) is 11.7. The number of aryl methyl sites for hydroxylation is 1. The number of ether oxygens (including phenoxy) is 2. The number of halogens is 1. The van der Waals surface area contributed by atoms with Crippen LogP contribution in [-0.2, 0) is 22.6 Å². The van der Waals surface area contributed by atoms with E-state index in [1.165, 1.54) is 0 Å². The van der Waals surface area contributed by atoms with E-state index in [-0.39, 0.29) is 24.3 Å². The molecular formula is C24H31ClN2O4. The quantitative estimate of drug-likeness (QED) is 0.593. The molecule has 1 atom stereocenters. The van der Waals surface area contributed by atoms with Crippen molar-refractivity contribution >= 4 is 23.4 Å². The van der Waals surface area contributed by atoms with Crippen LogP contribution >= 0.6 is 11.6 Å². The lowest BCUT2D eigenvalue weighted by Crippen LogP contribution is -2.49. The minimum absolute atomic E-state index is 0.00941. The Morgan fingerprint density at radius 3 is 2.32 bits per heavy atom. The van der Waals surface area contributed by atoms with Crippen LogP contribution in [0.2, 0.25) is 5.02 Å². The van der Waals surface area contributed by atoms with Crippen LogP contribution in [0.15, 0.2) is 42.5 Å². The molecule has 0 aliphatic rings. The predicted molar refractivity (Wildman–Crippen MR) is 123 cm³/mol. The second-order valence-corrected chi connectivity index (χ2v) is 8.12. The molecule has 0 bridgehead atoms. The maximum atomic E-state index is 13.2. The minimum atomic E-state index is -0.612. The number of rotatable bonds is 10. The number of nitrogens with one attached hydrogen (secondary N) is 1. The molecule has 6 nitrogen and oxygen atoms in total. The maximum absolute atomic E-state index is 13.2. The van der Waals surface area contributed by atoms with E-state index in [9.17, 15) is 9.59 Å². The molecule has 2 aromatic rings. The first-order valence-electron chi connectivity index (χ1n) is 10.3. The van der Waals surface area contributed by atoms with Crippen molar-refractivity contribution in [1.29, 1.82) is 0 Å². The Bertz CT molecular complexity index is 901. The number of carbonyl (C=O) groups is 2. The van der Waals surface area contributed by atoms with Crippen LogP contribution < -0.4 is 14.8 Å². The predicted octanol–water partition coefficient (Wildman–Crippen LogP) is 4.23. The Hall–Kier alpha value is -2.73. The van der Waals surface area contributed by atoms with Gasteiger partial charge in [-0.2, -0.15) is 0 Å². The van der Waals surface area contributed by atoms with Crippen LogP contribution in [0.4, 0.5) is 0 Å². The van der Waals surface area contributed by atoms with E-state index in [4.69, 9.17) is 21.1 Å². The van der Waals surface area contributed by atoms with Gasteiger partial charge >= 0.3 is 0 Å². The van der Waals surface area contributed by atoms with Crippen LogP contribution in [0.5, 0.6) is 11.5 Å². The lowest BCUT2D eigenvalue weighted by molar-refractivity contribution is -0.140. The first-order valence-corrected chi connectivity index (χ1v) is 10.7. The highest BCUT2D eigenvalue weighted by Gasteiger charge is 2.26. The van der Waals surface area contributed by atoms with Gasteiger partial charge in [0.15, 0.2) is 11.5 Å². The lowest BCUT2D eigenvalue weighted by atomic mass is 10.1. The third kappa shape index (κ3) is 7.17. The highest BCUT2D eigenvalue weighted by molar-refractivity contribution is 6.30. The average molecular weight is 447 g/mol. The zero-order chi connectivity index (χ0) is 23.0. The molecule has 31 heavy (non-hydrogen) atoms. The van der Waals surface area contributed by atoms with Crippen LogP contribution in [0.1, 0.15) is 38.3 Å². The molecule has 0 heterocycles. The minimum Gasteiger partial charge on any atom is -0.493 e. The summed E-state index contributed by atoms with van der Waals surface area (Å²) in [5, 5.41) is 3.48. The maximum Gasteiger partial charge on any atom is 0.242 e. The number of nitrogens with zero attached hydrogens (tertiary/aromatic N) is 1. The molecule has 0 spiro atoms. The van der Waals surface area contributed by atoms with Gasteiger partial charge in [-0.05, 0) is 62.6 Å². The second kappa shape index (κ2) is 11.6. The molecule has 2 aromatic carbocycles. The van der Waals surface area contributed by atoms with Crippen molar-refractivity contribution in [2.45, 2.75) is 52.2 Å². The van der Waals surface area contributed by atoms with Gasteiger partial charge in [-0.1, -0.05) is 29.8 Å². The Balaban J connectivity index is 2.17. The SMILES string of the molecule is COc1ccc(CCC(=O)N(Cc2cccc(Cl)c2)C(C)C(=O)NC(C)C)cc1OC. The van der Waals surface area contributed by atoms with Gasteiger partial charge in [0.2, 0.25) is 11.8 Å². The molecule has 0 aromatic heterocycles. The van der Waals surface area contributed by atoms with Gasteiger partial charge in [-0.25, -0.2) is 0 Å². The number of carbonyl (C=O) groups excluding carboxylic acids is 2. The standard InChI is InChI=1S/C24H31ClN2O4/c1-16(2)26-24(29)17(3)27(15-19-7-6-8-20(25)13-19)23(28)12-10-18-9-11-21(30-4)22(14-18)31-5/h6-9,11,13-14,16-17H,10,12,15H2,1-5H3,(H,26,29). The van der Waals surface area contributed by atoms with E-state index in [1.54, 1.807) is 32.1 Å². The van der Waals surface area contributed by atoms with Gasteiger partial charge in [0, 0.05) is 24.0 Å². The Kier molecular flexibility index (Phi) is 9.19. The summed E-state index contributed by atoms with van der Waals surface area (Å²) in [7, 11) is 3.16. The Morgan fingerprint density at radius 2 is 1.71 bits per heavy atom. The summed E-state index contributed by atoms with van der Waals surface area (Å²) >= 11 is 6.11. The first-order chi connectivity index (χ1) is 14.7. The number of hydrogen-bond acceptors (Lipinski definition) is 4. The van der Waals surface area contributed by atoms with Crippen molar-refractivity contribution in [2.75, 3.05) is 14.2 Å². The van der Waals surface area contributed by atoms with Crippen LogP contribution in [0.25, 0.3) is 0 Å². The van der Waals surface area contributed by atoms with E-state index < -0.39 is 6.04 Å². The molecule has 1 N–H and O–H groups in total. The Labute approximate surface area is 189 Å². The summed E-state index contributed by atoms with van der Waals surface area (Å²) in [4.78, 5) is 27.4. The summed E-state index contributed by atoms with van der Waals surface area (Å²) in [5.74, 6) is 0.963. The van der Waals surface area contributed by atoms with Gasteiger partial charge in [0.05, 0.1) is 14.2 Å². The number of hydrogen-bond donors (Lipinski definition) is 1. The number of amides is 2. The van der Waals surface area contributed by atoms with E-state index in [2.05, 4.69) is 5.32 Å². The molecule has 2 amide bonds. The average Bonchev–Trinajstić information content (AvgIpc) is 2.74. The van der Waals surface area contributed by atoms with Crippen LogP contribution in [0, 0.1) is 0 Å². The molecule has 0 aliphatic heterocycles. The fraction of sp³-hybridized carbons (Fsp3) is 0.417. The van der Waals surface area contributed by atoms with E-state index in [0.29, 0.717) is 29.5 Å². The summed E-state index contributed by atoms with van der Waals surface area (Å²) in [5.41, 5.74) is 1.82. The van der Waals surface area contributed by atoms with Crippen molar-refractivity contribution in [2.24, 2.45) is 0 Å². The molecule has 168 valence electrons. The van der Waals surface area contributed by atoms with Crippen molar-refractivity contribution in [3.8, 4) is 11.5 Å². The first kappa shape index (κ1) is 24.5. The van der Waals surface area contributed by atoms with Gasteiger partial charge < -0.3 is 19.7 Å². The molecule has 0 saturated heterocycles. The highest BCUT2D eigenvalue weighted by Crippen LogP contribution is 2.28. The van der Waals surface area contributed by atoms with E-state index in [1.807, 2.05) is 50.2 Å². The molecular weight excluding hydrogens is 416 g/mol. The summed E-state index contributed by atoms with van der Waals surface area (Å²) in [6.07, 6.45) is 0.777. The monoisotopic (exact) mass is 446 g/mol. The highest BCUT2D eigenvalue weighted by atomic mass is 35.5. The van der Waals surface area contributed by atoms with Gasteiger partial charge in [0.25, 0.3) is 0 Å². The molecule has 0 aliphatic carbocycles. The van der Waals surface area contributed by atoms with Gasteiger partial charge in [-0.15, -0.1) is 0 Å². The van der Waals surface area contributed by atoms with E-state index in [0.717, 1.165) is 11.1 Å². The van der Waals surface area contributed by atoms with Crippen molar-refractivity contribution in [3.05, 3.63) is 58.6 Å². The fourth-order valence-electron chi connectivity index (χ4n) is 3.25. The van der Waals surface area contributed by atoms with Crippen LogP contribution in [0.3, 0.4) is 0 Å². The van der Waals surface area contributed by atoms with Crippen molar-refractivity contribution in [1.82, 2.24) is 10.2 Å². The van der Waals surface area contributed by atoms with Crippen molar-refractivity contribution in [3.63, 3.8) is 0 Å². The number of methoxy groups -OCH3 is 2. The van der Waals surface area contributed by atoms with E-state index >= 15 is 0 Å². The zero-order valence-corrected chi connectivity index (χ0v) is 19.5. The molecule has 2 rings (SSSR count). The largest absolute Gasteiger partial charge is 0.493 e. The lowest BCUT2D eigenvalue weighted by Gasteiger charge is -2.29. The summed E-state index contributed by atoms with van der Waals surface area (Å²) < 4.78 is 10.6. The molecule has 0 radical (unpaired) electrons. The number of benzene rings is 2. The third-order valence-electron chi connectivity index (χ3n) is 4.92. The third-order valence-corrected chi connectivity index (χ3v) is 5.15. The van der Waals surface area contributed by atoms with Gasteiger partial charge in [-0.3, -0.25) is 9.59 Å². The Morgan fingerprint density at radius 1 is 1.00 bits per heavy atom. The summed E-state index contributed by atoms with van der Waals surface area (Å²) in [6, 6.07) is 12.3. The zero-order valence-electron chi connectivity index (χ0n) is 18.8. The molecule has 0 saturated carbocycles. The topological polar surface area (TPSA) is 67.9 Å². The second-order valence-electron chi connectivity index (χ2n) is 7.68. The smallest absolute Gasteiger partial charge is 0.242 e. The molecule has 0 fully saturated rings.